The van der Waals surface area contributed by atoms with Crippen molar-refractivity contribution in [2.45, 2.75) is 12.7 Å². The van der Waals surface area contributed by atoms with Crippen molar-refractivity contribution < 1.29 is 27.3 Å². The summed E-state index contributed by atoms with van der Waals surface area (Å²) in [5, 5.41) is 23.6. The Hall–Kier alpha value is -3.44. The largest absolute Gasteiger partial charge is 0.416 e. The molecule has 1 unspecified atom stereocenters. The van der Waals surface area contributed by atoms with Gasteiger partial charge in [-0.05, 0) is 23.8 Å². The van der Waals surface area contributed by atoms with Crippen LogP contribution >= 0.6 is 0 Å². The van der Waals surface area contributed by atoms with E-state index in [4.69, 9.17) is 4.11 Å². The van der Waals surface area contributed by atoms with Crippen LogP contribution in [0.1, 0.15) is 15.2 Å². The fourth-order valence-corrected chi connectivity index (χ4v) is 3.83. The molecule has 2 aromatic carbocycles. The molecule has 1 saturated heterocycles. The number of fused-ring (bicyclic) bond motifs is 1. The lowest BCUT2D eigenvalue weighted by molar-refractivity contribution is -0.384. The summed E-state index contributed by atoms with van der Waals surface area (Å²) in [4.78, 5) is 18.5. The summed E-state index contributed by atoms with van der Waals surface area (Å²) >= 11 is 0. The number of nitro groups is 1. The van der Waals surface area contributed by atoms with E-state index in [1.54, 1.807) is 11.0 Å². The SMILES string of the molecule is [2H]C(Nc1cc(C(F)(F)F)cc2ncc(N3CCN(CC([2H])([2H])O)CC3)cc12)c1cccc([N+](=O)[O-])c1. The first-order chi connectivity index (χ1) is 17.3. The van der Waals surface area contributed by atoms with Crippen molar-refractivity contribution >= 4 is 28.0 Å². The fourth-order valence-electron chi connectivity index (χ4n) is 3.83. The molecule has 1 aliphatic rings. The number of β-amino-alcohol motifs (C(OH)–C–C–N with tert-alkyl or cyclic N) is 1. The zero-order valence-electron chi connectivity index (χ0n) is 20.9. The number of non-ortho nitro benzene ring substituents is 1. The molecule has 8 nitrogen and oxygen atoms in total. The lowest BCUT2D eigenvalue weighted by atomic mass is 10.1. The molecule has 34 heavy (non-hydrogen) atoms. The number of benzene rings is 2. The van der Waals surface area contributed by atoms with Crippen molar-refractivity contribution in [3.8, 4) is 0 Å². The highest BCUT2D eigenvalue weighted by atomic mass is 19.4. The number of halogens is 3. The van der Waals surface area contributed by atoms with E-state index in [1.807, 2.05) is 4.90 Å². The van der Waals surface area contributed by atoms with Crippen LogP contribution in [0.5, 0.6) is 0 Å². The van der Waals surface area contributed by atoms with Gasteiger partial charge in [-0.15, -0.1) is 0 Å². The predicted octanol–water partition coefficient (Wildman–Crippen LogP) is 3.89. The Morgan fingerprint density at radius 2 is 1.94 bits per heavy atom. The van der Waals surface area contributed by atoms with E-state index in [0.717, 1.165) is 12.1 Å². The predicted molar refractivity (Wildman–Crippen MR) is 123 cm³/mol. The molecule has 0 radical (unpaired) electrons. The molecule has 0 bridgehead atoms. The number of nitrogens with zero attached hydrogens (tertiary/aromatic N) is 4. The highest BCUT2D eigenvalue weighted by Crippen LogP contribution is 2.36. The molecule has 2 heterocycles. The lowest BCUT2D eigenvalue weighted by Crippen LogP contribution is -2.47. The molecule has 0 saturated carbocycles. The van der Waals surface area contributed by atoms with Crippen LogP contribution in [0, 0.1) is 10.1 Å². The van der Waals surface area contributed by atoms with Crippen molar-refractivity contribution in [1.29, 1.82) is 0 Å². The summed E-state index contributed by atoms with van der Waals surface area (Å²) in [6.45, 7) is -1.81. The van der Waals surface area contributed by atoms with Gasteiger partial charge in [0.2, 0.25) is 0 Å². The van der Waals surface area contributed by atoms with Crippen LogP contribution in [0.15, 0.2) is 48.7 Å². The quantitative estimate of drug-likeness (QED) is 0.393. The van der Waals surface area contributed by atoms with Crippen LogP contribution in [0.3, 0.4) is 0 Å². The third-order valence-electron chi connectivity index (χ3n) is 5.62. The third kappa shape index (κ3) is 5.37. The number of alkyl halides is 3. The Morgan fingerprint density at radius 3 is 2.62 bits per heavy atom. The molecule has 1 aliphatic heterocycles. The van der Waals surface area contributed by atoms with Crippen molar-refractivity contribution in [2.24, 2.45) is 0 Å². The van der Waals surface area contributed by atoms with Crippen LogP contribution in [0.25, 0.3) is 10.9 Å². The van der Waals surface area contributed by atoms with E-state index in [1.165, 1.54) is 30.5 Å². The first-order valence-electron chi connectivity index (χ1n) is 12.0. The average Bonchev–Trinajstić information content (AvgIpc) is 2.82. The van der Waals surface area contributed by atoms with Gasteiger partial charge in [0.05, 0.1) is 38.6 Å². The fraction of sp³-hybridized carbons (Fsp3) is 0.348. The van der Waals surface area contributed by atoms with Gasteiger partial charge in [-0.1, -0.05) is 12.1 Å². The summed E-state index contributed by atoms with van der Waals surface area (Å²) < 4.78 is 63.9. The van der Waals surface area contributed by atoms with Gasteiger partial charge in [0.15, 0.2) is 0 Å². The maximum atomic E-state index is 13.6. The highest BCUT2D eigenvalue weighted by Gasteiger charge is 2.32. The zero-order valence-corrected chi connectivity index (χ0v) is 17.9. The topological polar surface area (TPSA) is 94.8 Å². The van der Waals surface area contributed by atoms with Crippen molar-refractivity contribution in [1.82, 2.24) is 9.88 Å². The number of piperazine rings is 1. The van der Waals surface area contributed by atoms with Crippen LogP contribution in [0.4, 0.5) is 30.2 Å². The number of rotatable bonds is 7. The molecule has 3 aromatic rings. The van der Waals surface area contributed by atoms with Crippen molar-refractivity contribution in [2.75, 3.05) is 49.5 Å². The number of hydrogen-bond donors (Lipinski definition) is 2. The molecule has 180 valence electrons. The van der Waals surface area contributed by atoms with Gasteiger partial charge < -0.3 is 15.3 Å². The van der Waals surface area contributed by atoms with E-state index >= 15 is 0 Å². The van der Waals surface area contributed by atoms with Gasteiger partial charge in [0, 0.05) is 62.5 Å². The number of aliphatic hydroxyl groups is 1. The Labute approximate surface area is 198 Å². The van der Waals surface area contributed by atoms with Gasteiger partial charge in [-0.25, -0.2) is 0 Å². The van der Waals surface area contributed by atoms with Gasteiger partial charge in [0.25, 0.3) is 5.69 Å². The minimum atomic E-state index is -4.65. The second kappa shape index (κ2) is 9.82. The first-order valence-corrected chi connectivity index (χ1v) is 10.4. The first kappa shape index (κ1) is 20.0. The summed E-state index contributed by atoms with van der Waals surface area (Å²) in [6, 6.07) is 8.84. The Morgan fingerprint density at radius 1 is 1.18 bits per heavy atom. The lowest BCUT2D eigenvalue weighted by Gasteiger charge is -2.35. The number of nitro benzene ring substituents is 1. The third-order valence-corrected chi connectivity index (χ3v) is 5.62. The van der Waals surface area contributed by atoms with E-state index in [0.29, 0.717) is 37.3 Å². The molecule has 0 amide bonds. The smallest absolute Gasteiger partial charge is 0.395 e. The minimum Gasteiger partial charge on any atom is -0.395 e. The molecule has 1 aromatic heterocycles. The van der Waals surface area contributed by atoms with Gasteiger partial charge in [-0.2, -0.15) is 13.2 Å². The van der Waals surface area contributed by atoms with Crippen LogP contribution in [-0.2, 0) is 12.7 Å². The maximum absolute atomic E-state index is 13.6. The summed E-state index contributed by atoms with van der Waals surface area (Å²) in [5.41, 5.74) is -0.247. The molecule has 11 heteroatoms. The second-order valence-corrected chi connectivity index (χ2v) is 7.84. The summed E-state index contributed by atoms with van der Waals surface area (Å²) in [6.07, 6.45) is -3.19. The monoisotopic (exact) mass is 478 g/mol. The number of aromatic nitrogens is 1. The highest BCUT2D eigenvalue weighted by molar-refractivity contribution is 5.94. The molecule has 2 N–H and O–H groups in total. The van der Waals surface area contributed by atoms with Crippen LogP contribution < -0.4 is 10.2 Å². The minimum absolute atomic E-state index is 0.0118. The molecular weight excluding hydrogens is 451 g/mol. The molecule has 0 spiro atoms. The number of anilines is 2. The summed E-state index contributed by atoms with van der Waals surface area (Å²) in [5.74, 6) is 0. The molecule has 1 atom stereocenters. The molecular formula is C23H24F3N5O3. The summed E-state index contributed by atoms with van der Waals surface area (Å²) in [7, 11) is 0. The normalized spacial score (nSPS) is 17.6. The van der Waals surface area contributed by atoms with E-state index in [9.17, 15) is 28.4 Å². The molecule has 1 fully saturated rings. The molecule has 0 aliphatic carbocycles. The Kier molecular flexibility index (Phi) is 5.77. The van der Waals surface area contributed by atoms with E-state index in [-0.39, 0.29) is 29.0 Å². The van der Waals surface area contributed by atoms with Crippen LogP contribution in [0.2, 0.25) is 0 Å². The second-order valence-electron chi connectivity index (χ2n) is 7.84. The van der Waals surface area contributed by atoms with E-state index < -0.39 is 29.7 Å². The standard InChI is InChI=1S/C23H24F3N5O3/c24-23(25,26)17-11-21(27-14-16-2-1-3-18(10-16)31(33)34)20-13-19(15-28-22(20)12-17)30-6-4-29(5-7-30)8-9-32/h1-3,10-13,15,27,32H,4-9,14H2/i9D2,14D. The molecule has 4 rings (SSSR count). The zero-order chi connectivity index (χ0) is 27.0. The Balaban J connectivity index is 1.65. The van der Waals surface area contributed by atoms with Crippen LogP contribution in [-0.4, -0.2) is 59.2 Å². The number of pyridine rings is 1. The van der Waals surface area contributed by atoms with Gasteiger partial charge in [-0.3, -0.25) is 20.0 Å². The van der Waals surface area contributed by atoms with Crippen molar-refractivity contribution in [3.05, 3.63) is 69.9 Å². The van der Waals surface area contributed by atoms with E-state index in [2.05, 4.69) is 10.3 Å². The number of nitrogens with one attached hydrogen (secondary N) is 1. The Bertz CT molecular complexity index is 1300. The van der Waals surface area contributed by atoms with Gasteiger partial charge in [0.1, 0.15) is 0 Å². The number of hydrogen-bond acceptors (Lipinski definition) is 7. The van der Waals surface area contributed by atoms with Gasteiger partial charge >= 0.3 is 6.18 Å². The van der Waals surface area contributed by atoms with Crippen molar-refractivity contribution in [3.63, 3.8) is 0 Å². The average molecular weight is 478 g/mol. The maximum Gasteiger partial charge on any atom is 0.416 e.